The molecule has 1 aliphatic heterocycles. The second-order valence-corrected chi connectivity index (χ2v) is 6.02. The van der Waals surface area contributed by atoms with Crippen LogP contribution in [0.25, 0.3) is 0 Å². The molecular formula is C15H24ClN3. The number of halogens is 1. The molecule has 0 bridgehead atoms. The lowest BCUT2D eigenvalue weighted by Gasteiger charge is -2.24. The van der Waals surface area contributed by atoms with Crippen molar-refractivity contribution < 1.29 is 0 Å². The predicted molar refractivity (Wildman–Crippen MR) is 83.1 cm³/mol. The molecule has 1 unspecified atom stereocenters. The van der Waals surface area contributed by atoms with Crippen LogP contribution >= 0.6 is 11.6 Å². The third-order valence-corrected chi connectivity index (χ3v) is 3.93. The van der Waals surface area contributed by atoms with E-state index in [1.165, 1.54) is 12.0 Å². The van der Waals surface area contributed by atoms with Gasteiger partial charge in [0.1, 0.15) is 0 Å². The maximum absolute atomic E-state index is 6.44. The monoisotopic (exact) mass is 281 g/mol. The summed E-state index contributed by atoms with van der Waals surface area (Å²) in [6.45, 7) is 6.40. The third kappa shape index (κ3) is 4.10. The number of nitrogens with two attached hydrogens (primary N) is 1. The van der Waals surface area contributed by atoms with E-state index in [4.69, 9.17) is 17.3 Å². The van der Waals surface area contributed by atoms with Gasteiger partial charge in [-0.2, -0.15) is 0 Å². The summed E-state index contributed by atoms with van der Waals surface area (Å²) in [5.41, 5.74) is 8.21. The van der Waals surface area contributed by atoms with Crippen LogP contribution in [0.15, 0.2) is 18.2 Å². The highest BCUT2D eigenvalue weighted by Gasteiger charge is 2.15. The van der Waals surface area contributed by atoms with Gasteiger partial charge in [-0.05, 0) is 51.1 Å². The van der Waals surface area contributed by atoms with E-state index in [1.54, 1.807) is 0 Å². The van der Waals surface area contributed by atoms with Crippen LogP contribution in [0.4, 0.5) is 5.69 Å². The van der Waals surface area contributed by atoms with E-state index in [0.717, 1.165) is 43.3 Å². The fraction of sp³-hybridized carbons (Fsp3) is 0.600. The van der Waals surface area contributed by atoms with Crippen LogP contribution < -0.4 is 10.6 Å². The van der Waals surface area contributed by atoms with E-state index in [2.05, 4.69) is 35.0 Å². The Hall–Kier alpha value is -0.770. The molecule has 19 heavy (non-hydrogen) atoms. The predicted octanol–water partition coefficient (Wildman–Crippen LogP) is 2.37. The summed E-state index contributed by atoms with van der Waals surface area (Å²) < 4.78 is 0. The first-order valence-corrected chi connectivity index (χ1v) is 7.41. The topological polar surface area (TPSA) is 32.5 Å². The van der Waals surface area contributed by atoms with Gasteiger partial charge in [0.15, 0.2) is 0 Å². The molecule has 0 radical (unpaired) electrons. The highest BCUT2D eigenvalue weighted by Crippen LogP contribution is 2.28. The minimum absolute atomic E-state index is 0.175. The highest BCUT2D eigenvalue weighted by molar-refractivity contribution is 6.33. The minimum atomic E-state index is 0.175. The Labute approximate surface area is 121 Å². The molecule has 0 aromatic heterocycles. The molecule has 0 saturated carbocycles. The van der Waals surface area contributed by atoms with Gasteiger partial charge in [0, 0.05) is 25.7 Å². The number of rotatable bonds is 3. The maximum Gasteiger partial charge on any atom is 0.0642 e. The Bertz CT molecular complexity index is 420. The Morgan fingerprint density at radius 2 is 2.05 bits per heavy atom. The van der Waals surface area contributed by atoms with Crippen molar-refractivity contribution in [1.82, 2.24) is 4.90 Å². The van der Waals surface area contributed by atoms with Gasteiger partial charge in [0.25, 0.3) is 0 Å². The lowest BCUT2D eigenvalue weighted by molar-refractivity contribution is 0.360. The molecule has 1 aliphatic rings. The van der Waals surface area contributed by atoms with Gasteiger partial charge in [-0.1, -0.05) is 17.7 Å². The van der Waals surface area contributed by atoms with E-state index >= 15 is 0 Å². The van der Waals surface area contributed by atoms with Crippen LogP contribution in [-0.2, 0) is 6.42 Å². The quantitative estimate of drug-likeness (QED) is 0.923. The fourth-order valence-corrected chi connectivity index (χ4v) is 2.92. The lowest BCUT2D eigenvalue weighted by atomic mass is 10.1. The van der Waals surface area contributed by atoms with Crippen molar-refractivity contribution in [3.8, 4) is 0 Å². The standard InChI is InChI=1S/C15H24ClN3/c1-12(17)10-13-4-5-15(14(16)11-13)19-7-3-6-18(2)8-9-19/h4-5,11-12H,3,6-10,17H2,1-2H3. The summed E-state index contributed by atoms with van der Waals surface area (Å²) in [6.07, 6.45) is 2.07. The number of hydrogen-bond donors (Lipinski definition) is 1. The van der Waals surface area contributed by atoms with Crippen molar-refractivity contribution in [3.05, 3.63) is 28.8 Å². The molecule has 1 aromatic carbocycles. The van der Waals surface area contributed by atoms with Gasteiger partial charge in [-0.3, -0.25) is 0 Å². The Morgan fingerprint density at radius 1 is 1.26 bits per heavy atom. The largest absolute Gasteiger partial charge is 0.369 e. The average molecular weight is 282 g/mol. The maximum atomic E-state index is 6.44. The minimum Gasteiger partial charge on any atom is -0.369 e. The van der Waals surface area contributed by atoms with Gasteiger partial charge in [-0.25, -0.2) is 0 Å². The second kappa shape index (κ2) is 6.60. The van der Waals surface area contributed by atoms with E-state index < -0.39 is 0 Å². The molecule has 4 heteroatoms. The third-order valence-electron chi connectivity index (χ3n) is 3.63. The Morgan fingerprint density at radius 3 is 2.74 bits per heavy atom. The summed E-state index contributed by atoms with van der Waals surface area (Å²) in [7, 11) is 2.18. The molecule has 3 nitrogen and oxygen atoms in total. The molecule has 0 amide bonds. The summed E-state index contributed by atoms with van der Waals surface area (Å²) in [5, 5.41) is 0.850. The van der Waals surface area contributed by atoms with Gasteiger partial charge >= 0.3 is 0 Å². The number of likely N-dealkylation sites (N-methyl/N-ethyl adjacent to an activating group) is 1. The first-order valence-electron chi connectivity index (χ1n) is 7.04. The van der Waals surface area contributed by atoms with Crippen molar-refractivity contribution in [3.63, 3.8) is 0 Å². The number of hydrogen-bond acceptors (Lipinski definition) is 3. The summed E-state index contributed by atoms with van der Waals surface area (Å²) in [6, 6.07) is 6.54. The van der Waals surface area contributed by atoms with Crippen LogP contribution in [0.3, 0.4) is 0 Å². The molecule has 2 N–H and O–H groups in total. The Kier molecular flexibility index (Phi) is 5.08. The van der Waals surface area contributed by atoms with Crippen molar-refractivity contribution in [1.29, 1.82) is 0 Å². The van der Waals surface area contributed by atoms with Crippen LogP contribution in [0.5, 0.6) is 0 Å². The number of anilines is 1. The molecule has 1 heterocycles. The molecule has 2 rings (SSSR count). The smallest absolute Gasteiger partial charge is 0.0642 e. The normalized spacial score (nSPS) is 19.3. The number of nitrogens with zero attached hydrogens (tertiary/aromatic N) is 2. The molecule has 1 atom stereocenters. The van der Waals surface area contributed by atoms with Crippen LogP contribution in [0, 0.1) is 0 Å². The van der Waals surface area contributed by atoms with Crippen molar-refractivity contribution in [2.45, 2.75) is 25.8 Å². The van der Waals surface area contributed by atoms with E-state index in [1.807, 2.05) is 6.92 Å². The van der Waals surface area contributed by atoms with Crippen LogP contribution in [-0.4, -0.2) is 44.2 Å². The first-order chi connectivity index (χ1) is 9.06. The summed E-state index contributed by atoms with van der Waals surface area (Å²) in [5.74, 6) is 0. The molecule has 0 aliphatic carbocycles. The summed E-state index contributed by atoms with van der Waals surface area (Å²) in [4.78, 5) is 4.76. The van der Waals surface area contributed by atoms with Crippen molar-refractivity contribution in [2.75, 3.05) is 38.1 Å². The zero-order valence-corrected chi connectivity index (χ0v) is 12.7. The molecular weight excluding hydrogens is 258 g/mol. The summed E-state index contributed by atoms with van der Waals surface area (Å²) >= 11 is 6.44. The van der Waals surface area contributed by atoms with Crippen molar-refractivity contribution >= 4 is 17.3 Å². The molecule has 1 fully saturated rings. The zero-order valence-electron chi connectivity index (χ0n) is 11.9. The molecule has 0 spiro atoms. The number of benzene rings is 1. The van der Waals surface area contributed by atoms with E-state index in [-0.39, 0.29) is 6.04 Å². The highest BCUT2D eigenvalue weighted by atomic mass is 35.5. The van der Waals surface area contributed by atoms with E-state index in [0.29, 0.717) is 0 Å². The van der Waals surface area contributed by atoms with Gasteiger partial charge in [0.05, 0.1) is 10.7 Å². The van der Waals surface area contributed by atoms with E-state index in [9.17, 15) is 0 Å². The zero-order chi connectivity index (χ0) is 13.8. The van der Waals surface area contributed by atoms with Gasteiger partial charge < -0.3 is 15.5 Å². The van der Waals surface area contributed by atoms with Crippen molar-refractivity contribution in [2.24, 2.45) is 5.73 Å². The van der Waals surface area contributed by atoms with Crippen LogP contribution in [0.2, 0.25) is 5.02 Å². The second-order valence-electron chi connectivity index (χ2n) is 5.61. The average Bonchev–Trinajstić information content (AvgIpc) is 2.54. The molecule has 106 valence electrons. The molecule has 1 saturated heterocycles. The first kappa shape index (κ1) is 14.6. The molecule has 1 aromatic rings. The lowest BCUT2D eigenvalue weighted by Crippen LogP contribution is -2.29. The van der Waals surface area contributed by atoms with Crippen LogP contribution in [0.1, 0.15) is 18.9 Å². The van der Waals surface area contributed by atoms with Gasteiger partial charge in [-0.15, -0.1) is 0 Å². The SMILES string of the molecule is CC(N)Cc1ccc(N2CCCN(C)CC2)c(Cl)c1. The fourth-order valence-electron chi connectivity index (χ4n) is 2.59. The Balaban J connectivity index is 2.11. The van der Waals surface area contributed by atoms with Gasteiger partial charge in [0.2, 0.25) is 0 Å².